The molecule has 0 bridgehead atoms. The topological polar surface area (TPSA) is 3.01 Å². The summed E-state index contributed by atoms with van der Waals surface area (Å²) in [5.41, 5.74) is 6.63. The van der Waals surface area contributed by atoms with E-state index in [9.17, 15) is 0 Å². The van der Waals surface area contributed by atoms with E-state index in [-0.39, 0.29) is 5.41 Å². The van der Waals surface area contributed by atoms with Crippen LogP contribution in [0.2, 0.25) is 0 Å². The van der Waals surface area contributed by atoms with Crippen LogP contribution < -0.4 is 0 Å². The smallest absolute Gasteiger partial charge is 0.198 e. The van der Waals surface area contributed by atoms with E-state index in [0.717, 1.165) is 6.42 Å². The molecule has 3 aromatic rings. The maximum Gasteiger partial charge on any atom is 0.210 e. The average Bonchev–Trinajstić information content (AvgIpc) is 2.93. The van der Waals surface area contributed by atoms with Crippen molar-refractivity contribution in [1.82, 2.24) is 0 Å². The quantitative estimate of drug-likeness (QED) is 0.449. The Bertz CT molecular complexity index is 1080. The maximum absolute atomic E-state index is 5.92. The molecule has 0 amide bonds. The molecule has 1 nitrogen and oxygen atoms in total. The van der Waals surface area contributed by atoms with Gasteiger partial charge in [-0.1, -0.05) is 72.3 Å². The van der Waals surface area contributed by atoms with Gasteiger partial charge < -0.3 is 0 Å². The van der Waals surface area contributed by atoms with Crippen molar-refractivity contribution in [3.63, 3.8) is 0 Å². The fourth-order valence-corrected chi connectivity index (χ4v) is 4.36. The molecule has 4 rings (SSSR count). The summed E-state index contributed by atoms with van der Waals surface area (Å²) in [5.74, 6) is 0. The Kier molecular flexibility index (Phi) is 4.72. The molecular weight excluding hydrogens is 350 g/mol. The van der Waals surface area contributed by atoms with Crippen LogP contribution in [0.3, 0.4) is 0 Å². The number of benzene rings is 3. The number of halogens is 1. The second-order valence-corrected chi connectivity index (χ2v) is 7.52. The first-order valence-electron chi connectivity index (χ1n) is 9.27. The second-order valence-electron chi connectivity index (χ2n) is 7.27. The van der Waals surface area contributed by atoms with Gasteiger partial charge in [0, 0.05) is 23.2 Å². The van der Waals surface area contributed by atoms with Crippen molar-refractivity contribution < 1.29 is 4.58 Å². The van der Waals surface area contributed by atoms with Crippen LogP contribution in [0.5, 0.6) is 0 Å². The van der Waals surface area contributed by atoms with Gasteiger partial charge >= 0.3 is 0 Å². The molecule has 1 atom stereocenters. The molecule has 2 heteroatoms. The molecule has 3 aromatic carbocycles. The summed E-state index contributed by atoms with van der Waals surface area (Å²) < 4.78 is 2.32. The minimum absolute atomic E-state index is 0.137. The normalized spacial score (nSPS) is 19.5. The van der Waals surface area contributed by atoms with Crippen molar-refractivity contribution in [2.24, 2.45) is 0 Å². The van der Waals surface area contributed by atoms with Gasteiger partial charge in [0.15, 0.2) is 5.71 Å². The largest absolute Gasteiger partial charge is 0.210 e. The summed E-state index contributed by atoms with van der Waals surface area (Å²) in [6, 6.07) is 23.5. The average molecular weight is 373 g/mol. The van der Waals surface area contributed by atoms with E-state index in [4.69, 9.17) is 11.6 Å². The first-order valence-corrected chi connectivity index (χ1v) is 9.70. The van der Waals surface area contributed by atoms with Crippen molar-refractivity contribution >= 4 is 39.8 Å². The zero-order chi connectivity index (χ0) is 18.9. The van der Waals surface area contributed by atoms with E-state index < -0.39 is 0 Å². The monoisotopic (exact) mass is 372 g/mol. The molecule has 0 saturated heterocycles. The number of fused-ring (bicyclic) bond motifs is 3. The Morgan fingerprint density at radius 1 is 0.926 bits per heavy atom. The number of nitrogens with zero attached hydrogens (tertiary/aromatic N) is 1. The second kappa shape index (κ2) is 7.17. The highest BCUT2D eigenvalue weighted by atomic mass is 35.5. The molecule has 134 valence electrons. The molecule has 27 heavy (non-hydrogen) atoms. The number of rotatable bonds is 4. The van der Waals surface area contributed by atoms with Crippen LogP contribution in [0.4, 0.5) is 5.69 Å². The minimum Gasteiger partial charge on any atom is -0.198 e. The van der Waals surface area contributed by atoms with Crippen LogP contribution in [0.25, 0.3) is 16.8 Å². The third-order valence-electron chi connectivity index (χ3n) is 5.60. The molecule has 0 radical (unpaired) electrons. The van der Waals surface area contributed by atoms with E-state index in [0.29, 0.717) is 0 Å². The molecule has 1 aliphatic heterocycles. The van der Waals surface area contributed by atoms with Gasteiger partial charge in [-0.2, -0.15) is 4.58 Å². The number of hydrogen-bond acceptors (Lipinski definition) is 0. The maximum atomic E-state index is 5.92. The van der Waals surface area contributed by atoms with Gasteiger partial charge in [0.05, 0.1) is 5.41 Å². The van der Waals surface area contributed by atoms with E-state index in [1.807, 2.05) is 6.07 Å². The Morgan fingerprint density at radius 2 is 1.67 bits per heavy atom. The highest BCUT2D eigenvalue weighted by Crippen LogP contribution is 2.46. The molecule has 0 aliphatic carbocycles. The fraction of sp³-hybridized carbons (Fsp3) is 0.160. The Labute approximate surface area is 165 Å². The first kappa shape index (κ1) is 17.8. The zero-order valence-electron chi connectivity index (χ0n) is 15.7. The SMILES string of the molecule is C[N+]1=C(/C=C/c2ccccc2)C(C)(C/C=C/Cl)c2c1ccc1ccccc21. The molecule has 1 heterocycles. The summed E-state index contributed by atoms with van der Waals surface area (Å²) in [6.45, 7) is 2.32. The van der Waals surface area contributed by atoms with Crippen LogP contribution in [0.1, 0.15) is 24.5 Å². The van der Waals surface area contributed by atoms with Crippen LogP contribution in [0, 0.1) is 0 Å². The highest BCUT2D eigenvalue weighted by molar-refractivity contribution is 6.25. The van der Waals surface area contributed by atoms with Crippen molar-refractivity contribution in [3.05, 3.63) is 95.5 Å². The van der Waals surface area contributed by atoms with E-state index in [1.54, 1.807) is 5.54 Å². The van der Waals surface area contributed by atoms with Gasteiger partial charge in [-0.05, 0) is 41.8 Å². The lowest BCUT2D eigenvalue weighted by atomic mass is 9.74. The molecule has 0 saturated carbocycles. The predicted molar refractivity (Wildman–Crippen MR) is 117 cm³/mol. The standard InChI is InChI=1S/C25H23ClN/c1-25(17-8-18-26)23(16-13-19-9-4-3-5-10-19)27(2)22-15-14-20-11-6-7-12-21(20)24(22)25/h3-16,18H,17H2,1-2H3/q+1/b16-13+,18-8+. The molecule has 0 spiro atoms. The Morgan fingerprint density at radius 3 is 2.44 bits per heavy atom. The lowest BCUT2D eigenvalue weighted by Gasteiger charge is -2.22. The summed E-state index contributed by atoms with van der Waals surface area (Å²) in [6.07, 6.45) is 7.37. The predicted octanol–water partition coefficient (Wildman–Crippen LogP) is 6.68. The summed E-state index contributed by atoms with van der Waals surface area (Å²) in [5, 5.41) is 2.59. The van der Waals surface area contributed by atoms with Gasteiger partial charge in [0.25, 0.3) is 0 Å². The third-order valence-corrected chi connectivity index (χ3v) is 5.77. The van der Waals surface area contributed by atoms with E-state index in [1.165, 1.54) is 33.3 Å². The Balaban J connectivity index is 1.91. The summed E-state index contributed by atoms with van der Waals surface area (Å²) in [7, 11) is 2.16. The highest BCUT2D eigenvalue weighted by Gasteiger charge is 2.46. The van der Waals surface area contributed by atoms with Crippen molar-refractivity contribution in [2.75, 3.05) is 7.05 Å². The fourth-order valence-electron chi connectivity index (χ4n) is 4.27. The van der Waals surface area contributed by atoms with E-state index >= 15 is 0 Å². The van der Waals surface area contributed by atoms with Gasteiger partial charge in [-0.15, -0.1) is 0 Å². The summed E-state index contributed by atoms with van der Waals surface area (Å²) in [4.78, 5) is 0. The van der Waals surface area contributed by atoms with Gasteiger partial charge in [-0.25, -0.2) is 0 Å². The van der Waals surface area contributed by atoms with Crippen molar-refractivity contribution in [2.45, 2.75) is 18.8 Å². The number of hydrogen-bond donors (Lipinski definition) is 0. The minimum atomic E-state index is -0.137. The third kappa shape index (κ3) is 3.02. The number of allylic oxidation sites excluding steroid dienone is 2. The van der Waals surface area contributed by atoms with Crippen LogP contribution in [-0.4, -0.2) is 17.3 Å². The van der Waals surface area contributed by atoms with Gasteiger partial charge in [0.2, 0.25) is 5.69 Å². The molecule has 1 aliphatic rings. The van der Waals surface area contributed by atoms with Gasteiger partial charge in [0.1, 0.15) is 7.05 Å². The van der Waals surface area contributed by atoms with Crippen LogP contribution in [-0.2, 0) is 5.41 Å². The van der Waals surface area contributed by atoms with Crippen LogP contribution >= 0.6 is 11.6 Å². The molecule has 1 unspecified atom stereocenters. The molecular formula is C25H23ClN+. The molecule has 0 aromatic heterocycles. The Hall–Kier alpha value is -2.64. The lowest BCUT2D eigenvalue weighted by molar-refractivity contribution is -0.401. The zero-order valence-corrected chi connectivity index (χ0v) is 16.4. The van der Waals surface area contributed by atoms with Crippen LogP contribution in [0.15, 0.2) is 84.4 Å². The van der Waals surface area contributed by atoms with Crippen molar-refractivity contribution in [1.29, 1.82) is 0 Å². The summed E-state index contributed by atoms with van der Waals surface area (Å²) >= 11 is 5.92. The molecule has 0 N–H and O–H groups in total. The lowest BCUT2D eigenvalue weighted by Crippen LogP contribution is -2.30. The molecule has 0 fully saturated rings. The first-order chi connectivity index (χ1) is 13.1. The van der Waals surface area contributed by atoms with E-state index in [2.05, 4.69) is 97.4 Å². The van der Waals surface area contributed by atoms with Crippen molar-refractivity contribution in [3.8, 4) is 0 Å². The van der Waals surface area contributed by atoms with Gasteiger partial charge in [-0.3, -0.25) is 0 Å².